The van der Waals surface area contributed by atoms with Gasteiger partial charge in [0.05, 0.1) is 6.61 Å². The molecule has 0 atom stereocenters. The van der Waals surface area contributed by atoms with Crippen molar-refractivity contribution in [3.05, 3.63) is 22.8 Å². The lowest BCUT2D eigenvalue weighted by Crippen LogP contribution is -2.05. The fourth-order valence-corrected chi connectivity index (χ4v) is 1.38. The summed E-state index contributed by atoms with van der Waals surface area (Å²) in [5.41, 5.74) is 3.48. The van der Waals surface area contributed by atoms with Crippen LogP contribution in [0, 0.1) is 0 Å². The van der Waals surface area contributed by atoms with Crippen molar-refractivity contribution in [1.82, 2.24) is 0 Å². The molecular formula is C11H16O2. The number of carbonyl (C=O) groups excluding carboxylic acids is 1. The zero-order valence-electron chi connectivity index (χ0n) is 8.52. The Hall–Kier alpha value is -1.05. The van der Waals surface area contributed by atoms with Crippen LogP contribution in [0.3, 0.4) is 0 Å². The average molecular weight is 180 g/mol. The van der Waals surface area contributed by atoms with Gasteiger partial charge in [-0.25, -0.2) is 4.79 Å². The van der Waals surface area contributed by atoms with E-state index in [2.05, 4.69) is 13.8 Å². The summed E-state index contributed by atoms with van der Waals surface area (Å²) >= 11 is 0. The van der Waals surface area contributed by atoms with Crippen molar-refractivity contribution in [3.63, 3.8) is 0 Å². The van der Waals surface area contributed by atoms with E-state index in [1.54, 1.807) is 0 Å². The van der Waals surface area contributed by atoms with E-state index in [0.717, 1.165) is 18.4 Å². The number of hydrogen-bond donors (Lipinski definition) is 0. The Morgan fingerprint density at radius 3 is 2.69 bits per heavy atom. The van der Waals surface area contributed by atoms with Crippen LogP contribution in [0.5, 0.6) is 0 Å². The molecule has 0 bridgehead atoms. The molecule has 1 aliphatic carbocycles. The summed E-state index contributed by atoms with van der Waals surface area (Å²) in [6, 6.07) is 0. The molecule has 0 spiro atoms. The maximum absolute atomic E-state index is 11.3. The van der Waals surface area contributed by atoms with Gasteiger partial charge in [0, 0.05) is 12.0 Å². The third-order valence-corrected chi connectivity index (χ3v) is 2.24. The molecule has 72 valence electrons. The summed E-state index contributed by atoms with van der Waals surface area (Å²) in [5, 5.41) is 0. The minimum atomic E-state index is -0.154. The maximum atomic E-state index is 11.3. The Morgan fingerprint density at radius 2 is 2.23 bits per heavy atom. The molecule has 0 aromatic heterocycles. The third kappa shape index (κ3) is 2.44. The van der Waals surface area contributed by atoms with Crippen molar-refractivity contribution in [2.24, 2.45) is 0 Å². The molecule has 1 rings (SSSR count). The van der Waals surface area contributed by atoms with Gasteiger partial charge in [-0.3, -0.25) is 0 Å². The molecule has 0 radical (unpaired) electrons. The van der Waals surface area contributed by atoms with Crippen molar-refractivity contribution >= 4 is 5.97 Å². The predicted molar refractivity (Wildman–Crippen MR) is 52.3 cm³/mol. The van der Waals surface area contributed by atoms with Gasteiger partial charge in [0.15, 0.2) is 0 Å². The van der Waals surface area contributed by atoms with Gasteiger partial charge in [0.1, 0.15) is 0 Å². The highest BCUT2D eigenvalue weighted by atomic mass is 16.5. The minimum Gasteiger partial charge on any atom is -0.463 e. The molecule has 2 nitrogen and oxygen atoms in total. The molecular weight excluding hydrogens is 164 g/mol. The zero-order valence-corrected chi connectivity index (χ0v) is 8.52. The molecule has 0 aliphatic heterocycles. The Bertz CT molecular complexity index is 268. The molecule has 0 saturated heterocycles. The second kappa shape index (κ2) is 4.26. The van der Waals surface area contributed by atoms with E-state index in [1.807, 2.05) is 13.0 Å². The van der Waals surface area contributed by atoms with E-state index in [1.165, 1.54) is 11.1 Å². The van der Waals surface area contributed by atoms with Crippen LogP contribution in [0.2, 0.25) is 0 Å². The summed E-state index contributed by atoms with van der Waals surface area (Å²) in [5.74, 6) is -0.154. The fourth-order valence-electron chi connectivity index (χ4n) is 1.38. The number of ether oxygens (including phenoxy) is 1. The molecule has 0 N–H and O–H groups in total. The topological polar surface area (TPSA) is 26.3 Å². The zero-order chi connectivity index (χ0) is 9.84. The number of allylic oxidation sites excluding steroid dienone is 3. The average Bonchev–Trinajstić information content (AvgIpc) is 2.52. The summed E-state index contributed by atoms with van der Waals surface area (Å²) in [7, 11) is 0. The maximum Gasteiger partial charge on any atom is 0.334 e. The van der Waals surface area contributed by atoms with Gasteiger partial charge >= 0.3 is 5.97 Å². The Kier molecular flexibility index (Phi) is 3.29. The molecule has 0 saturated carbocycles. The van der Waals surface area contributed by atoms with Crippen LogP contribution in [0.1, 0.15) is 33.6 Å². The standard InChI is InChI=1S/C11H16O2/c1-4-13-11(12)10-6-5-9(7-10)8(2)3/h6H,4-5,7H2,1-3H3. The number of carbonyl (C=O) groups is 1. The largest absolute Gasteiger partial charge is 0.463 e. The smallest absolute Gasteiger partial charge is 0.334 e. The molecule has 0 aromatic carbocycles. The van der Waals surface area contributed by atoms with E-state index < -0.39 is 0 Å². The van der Waals surface area contributed by atoms with Crippen LogP contribution in [0.4, 0.5) is 0 Å². The predicted octanol–water partition coefficient (Wildman–Crippen LogP) is 2.61. The van der Waals surface area contributed by atoms with Crippen LogP contribution in [-0.4, -0.2) is 12.6 Å². The van der Waals surface area contributed by atoms with E-state index in [4.69, 9.17) is 4.74 Å². The van der Waals surface area contributed by atoms with Crippen LogP contribution < -0.4 is 0 Å². The molecule has 0 unspecified atom stereocenters. The van der Waals surface area contributed by atoms with Gasteiger partial charge in [-0.15, -0.1) is 0 Å². The normalized spacial score (nSPS) is 15.6. The molecule has 0 aromatic rings. The fraction of sp³-hybridized carbons (Fsp3) is 0.545. The quantitative estimate of drug-likeness (QED) is 0.482. The number of rotatable bonds is 2. The summed E-state index contributed by atoms with van der Waals surface area (Å²) in [4.78, 5) is 11.3. The minimum absolute atomic E-state index is 0.154. The number of hydrogen-bond acceptors (Lipinski definition) is 2. The van der Waals surface area contributed by atoms with Crippen molar-refractivity contribution in [3.8, 4) is 0 Å². The highest BCUT2D eigenvalue weighted by Crippen LogP contribution is 2.27. The first-order chi connectivity index (χ1) is 6.15. The summed E-state index contributed by atoms with van der Waals surface area (Å²) in [6.45, 7) is 6.45. The monoisotopic (exact) mass is 180 g/mol. The van der Waals surface area contributed by atoms with E-state index in [9.17, 15) is 4.79 Å². The lowest BCUT2D eigenvalue weighted by Gasteiger charge is -2.02. The van der Waals surface area contributed by atoms with E-state index >= 15 is 0 Å². The first-order valence-corrected chi connectivity index (χ1v) is 4.66. The second-order valence-electron chi connectivity index (χ2n) is 3.43. The first-order valence-electron chi connectivity index (χ1n) is 4.66. The Morgan fingerprint density at radius 1 is 1.54 bits per heavy atom. The summed E-state index contributed by atoms with van der Waals surface area (Å²) < 4.78 is 4.92. The molecule has 0 heterocycles. The van der Waals surface area contributed by atoms with E-state index in [0.29, 0.717) is 6.61 Å². The van der Waals surface area contributed by atoms with Crippen LogP contribution in [0.25, 0.3) is 0 Å². The SMILES string of the molecule is CCOC(=O)C1=CCC(=C(C)C)C1. The Balaban J connectivity index is 2.59. The highest BCUT2D eigenvalue weighted by Gasteiger charge is 2.17. The van der Waals surface area contributed by atoms with Crippen LogP contribution in [0.15, 0.2) is 22.8 Å². The molecule has 0 amide bonds. The molecule has 1 aliphatic rings. The van der Waals surface area contributed by atoms with Gasteiger partial charge in [0.2, 0.25) is 0 Å². The lowest BCUT2D eigenvalue weighted by atomic mass is 10.1. The van der Waals surface area contributed by atoms with Crippen molar-refractivity contribution in [2.45, 2.75) is 33.6 Å². The Labute approximate surface area is 79.3 Å². The van der Waals surface area contributed by atoms with Gasteiger partial charge in [0.25, 0.3) is 0 Å². The van der Waals surface area contributed by atoms with Crippen molar-refractivity contribution in [2.75, 3.05) is 6.61 Å². The third-order valence-electron chi connectivity index (χ3n) is 2.24. The number of esters is 1. The van der Waals surface area contributed by atoms with E-state index in [-0.39, 0.29) is 5.97 Å². The van der Waals surface area contributed by atoms with Crippen molar-refractivity contribution in [1.29, 1.82) is 0 Å². The van der Waals surface area contributed by atoms with Gasteiger partial charge in [-0.2, -0.15) is 0 Å². The second-order valence-corrected chi connectivity index (χ2v) is 3.43. The molecule has 0 fully saturated rings. The van der Waals surface area contributed by atoms with Crippen LogP contribution >= 0.6 is 0 Å². The van der Waals surface area contributed by atoms with Gasteiger partial charge in [-0.1, -0.05) is 17.2 Å². The van der Waals surface area contributed by atoms with Crippen molar-refractivity contribution < 1.29 is 9.53 Å². The summed E-state index contributed by atoms with van der Waals surface area (Å²) in [6.07, 6.45) is 3.66. The lowest BCUT2D eigenvalue weighted by molar-refractivity contribution is -0.138. The van der Waals surface area contributed by atoms with Gasteiger partial charge in [-0.05, 0) is 27.2 Å². The highest BCUT2D eigenvalue weighted by molar-refractivity contribution is 5.89. The van der Waals surface area contributed by atoms with Crippen LogP contribution in [-0.2, 0) is 9.53 Å². The van der Waals surface area contributed by atoms with Gasteiger partial charge < -0.3 is 4.74 Å². The molecule has 13 heavy (non-hydrogen) atoms. The first kappa shape index (κ1) is 10.0. The molecule has 2 heteroatoms.